The van der Waals surface area contributed by atoms with Gasteiger partial charge in [0.25, 0.3) is 0 Å². The quantitative estimate of drug-likeness (QED) is 0.646. The second-order valence-corrected chi connectivity index (χ2v) is 7.53. The Morgan fingerprint density at radius 2 is 1.65 bits per heavy atom. The molecule has 0 aliphatic heterocycles. The van der Waals surface area contributed by atoms with Gasteiger partial charge >= 0.3 is 0 Å². The Morgan fingerprint density at radius 1 is 0.923 bits per heavy atom. The SMILES string of the molecule is Cc1ccc(CNc2ccnc(Nc3ccccc3C(C)(C)C)n2)cc1. The van der Waals surface area contributed by atoms with Gasteiger partial charge in [0.2, 0.25) is 5.95 Å². The summed E-state index contributed by atoms with van der Waals surface area (Å²) < 4.78 is 0. The molecule has 26 heavy (non-hydrogen) atoms. The van der Waals surface area contributed by atoms with Crippen LogP contribution in [0.15, 0.2) is 60.8 Å². The summed E-state index contributed by atoms with van der Waals surface area (Å²) in [6, 6.07) is 18.7. The fraction of sp³-hybridized carbons (Fsp3) is 0.273. The van der Waals surface area contributed by atoms with Crippen LogP contribution in [0.2, 0.25) is 0 Å². The van der Waals surface area contributed by atoms with E-state index >= 15 is 0 Å². The average Bonchev–Trinajstić information content (AvgIpc) is 2.61. The lowest BCUT2D eigenvalue weighted by atomic mass is 9.86. The first-order chi connectivity index (χ1) is 12.4. The van der Waals surface area contributed by atoms with Crippen molar-refractivity contribution in [2.24, 2.45) is 0 Å². The first kappa shape index (κ1) is 17.9. The number of hydrogen-bond acceptors (Lipinski definition) is 4. The van der Waals surface area contributed by atoms with E-state index in [2.05, 4.69) is 90.8 Å². The van der Waals surface area contributed by atoms with Crippen LogP contribution in [0.4, 0.5) is 17.5 Å². The summed E-state index contributed by atoms with van der Waals surface area (Å²) in [5.41, 5.74) is 4.81. The Balaban J connectivity index is 1.73. The highest BCUT2D eigenvalue weighted by atomic mass is 15.1. The van der Waals surface area contributed by atoms with Crippen molar-refractivity contribution in [3.05, 3.63) is 77.5 Å². The monoisotopic (exact) mass is 346 g/mol. The lowest BCUT2D eigenvalue weighted by Crippen LogP contribution is -2.14. The molecule has 3 rings (SSSR count). The Morgan fingerprint density at radius 3 is 2.38 bits per heavy atom. The maximum atomic E-state index is 4.59. The number of hydrogen-bond donors (Lipinski definition) is 2. The molecule has 134 valence electrons. The maximum Gasteiger partial charge on any atom is 0.229 e. The molecule has 0 radical (unpaired) electrons. The zero-order valence-electron chi connectivity index (χ0n) is 15.9. The van der Waals surface area contributed by atoms with Gasteiger partial charge in [-0.2, -0.15) is 4.98 Å². The fourth-order valence-electron chi connectivity index (χ4n) is 2.78. The summed E-state index contributed by atoms with van der Waals surface area (Å²) in [7, 11) is 0. The van der Waals surface area contributed by atoms with E-state index in [9.17, 15) is 0 Å². The minimum Gasteiger partial charge on any atom is -0.366 e. The van der Waals surface area contributed by atoms with Gasteiger partial charge in [0.1, 0.15) is 5.82 Å². The van der Waals surface area contributed by atoms with E-state index < -0.39 is 0 Å². The molecule has 4 nitrogen and oxygen atoms in total. The van der Waals surface area contributed by atoms with Crippen LogP contribution in [-0.4, -0.2) is 9.97 Å². The molecular weight excluding hydrogens is 320 g/mol. The highest BCUT2D eigenvalue weighted by Crippen LogP contribution is 2.30. The van der Waals surface area contributed by atoms with Gasteiger partial charge in [0.15, 0.2) is 0 Å². The number of aryl methyl sites for hydroxylation is 1. The summed E-state index contributed by atoms with van der Waals surface area (Å²) in [6.07, 6.45) is 1.77. The Kier molecular flexibility index (Phi) is 5.21. The van der Waals surface area contributed by atoms with Crippen molar-refractivity contribution in [3.8, 4) is 0 Å². The van der Waals surface area contributed by atoms with Crippen LogP contribution in [0.1, 0.15) is 37.5 Å². The highest BCUT2D eigenvalue weighted by molar-refractivity contribution is 5.61. The number of rotatable bonds is 5. The normalized spacial score (nSPS) is 11.2. The molecule has 2 aromatic carbocycles. The first-order valence-electron chi connectivity index (χ1n) is 8.91. The third-order valence-electron chi connectivity index (χ3n) is 4.23. The van der Waals surface area contributed by atoms with E-state index in [4.69, 9.17) is 0 Å². The molecule has 4 heteroatoms. The molecule has 2 N–H and O–H groups in total. The standard InChI is InChI=1S/C22H26N4/c1-16-9-11-17(12-10-16)15-24-20-13-14-23-21(26-20)25-19-8-6-5-7-18(19)22(2,3)4/h5-14H,15H2,1-4H3,(H2,23,24,25,26). The number of benzene rings is 2. The van der Waals surface area contributed by atoms with E-state index in [1.165, 1.54) is 16.7 Å². The summed E-state index contributed by atoms with van der Waals surface area (Å²) in [4.78, 5) is 8.95. The topological polar surface area (TPSA) is 49.8 Å². The second kappa shape index (κ2) is 7.56. The molecule has 0 fully saturated rings. The van der Waals surface area contributed by atoms with Gasteiger partial charge in [-0.3, -0.25) is 0 Å². The van der Waals surface area contributed by atoms with Gasteiger partial charge in [0, 0.05) is 18.4 Å². The molecule has 0 amide bonds. The number of anilines is 3. The van der Waals surface area contributed by atoms with E-state index in [-0.39, 0.29) is 5.41 Å². The smallest absolute Gasteiger partial charge is 0.229 e. The Bertz CT molecular complexity index is 864. The summed E-state index contributed by atoms with van der Waals surface area (Å²) in [6.45, 7) is 9.43. The molecule has 0 unspecified atom stereocenters. The van der Waals surface area contributed by atoms with E-state index in [0.717, 1.165) is 18.1 Å². The minimum absolute atomic E-state index is 0.0465. The van der Waals surface area contributed by atoms with Crippen molar-refractivity contribution in [2.75, 3.05) is 10.6 Å². The zero-order valence-corrected chi connectivity index (χ0v) is 15.9. The molecule has 0 spiro atoms. The zero-order chi connectivity index (χ0) is 18.6. The van der Waals surface area contributed by atoms with Gasteiger partial charge in [-0.25, -0.2) is 4.98 Å². The molecule has 0 aliphatic carbocycles. The molecular formula is C22H26N4. The lowest BCUT2D eigenvalue weighted by Gasteiger charge is -2.23. The molecule has 1 heterocycles. The predicted molar refractivity (Wildman–Crippen MR) is 109 cm³/mol. The third kappa shape index (κ3) is 4.60. The lowest BCUT2D eigenvalue weighted by molar-refractivity contribution is 0.592. The number of nitrogens with one attached hydrogen (secondary N) is 2. The van der Waals surface area contributed by atoms with Gasteiger partial charge in [0.05, 0.1) is 0 Å². The van der Waals surface area contributed by atoms with Gasteiger partial charge in [-0.15, -0.1) is 0 Å². The van der Waals surface area contributed by atoms with Crippen LogP contribution in [0, 0.1) is 6.92 Å². The van der Waals surface area contributed by atoms with Crippen molar-refractivity contribution >= 4 is 17.5 Å². The molecule has 3 aromatic rings. The largest absolute Gasteiger partial charge is 0.366 e. The predicted octanol–water partition coefficient (Wildman–Crippen LogP) is 5.44. The van der Waals surface area contributed by atoms with Crippen molar-refractivity contribution in [2.45, 2.75) is 39.7 Å². The Hall–Kier alpha value is -2.88. The number of nitrogens with zero attached hydrogens (tertiary/aromatic N) is 2. The first-order valence-corrected chi connectivity index (χ1v) is 8.91. The highest BCUT2D eigenvalue weighted by Gasteiger charge is 2.17. The summed E-state index contributed by atoms with van der Waals surface area (Å²) >= 11 is 0. The van der Waals surface area contributed by atoms with Crippen LogP contribution in [-0.2, 0) is 12.0 Å². The van der Waals surface area contributed by atoms with Gasteiger partial charge in [-0.1, -0.05) is 68.8 Å². The molecule has 0 bridgehead atoms. The van der Waals surface area contributed by atoms with Crippen molar-refractivity contribution in [1.82, 2.24) is 9.97 Å². The van der Waals surface area contributed by atoms with Crippen LogP contribution >= 0.6 is 0 Å². The van der Waals surface area contributed by atoms with Crippen molar-refractivity contribution in [1.29, 1.82) is 0 Å². The number of aromatic nitrogens is 2. The van der Waals surface area contributed by atoms with Crippen LogP contribution in [0.3, 0.4) is 0 Å². The van der Waals surface area contributed by atoms with Gasteiger partial charge < -0.3 is 10.6 Å². The molecule has 0 saturated carbocycles. The second-order valence-electron chi connectivity index (χ2n) is 7.53. The summed E-state index contributed by atoms with van der Waals surface area (Å²) in [5, 5.41) is 6.72. The Labute approximate surface area is 155 Å². The van der Waals surface area contributed by atoms with Crippen molar-refractivity contribution < 1.29 is 0 Å². The fourth-order valence-corrected chi connectivity index (χ4v) is 2.78. The maximum absolute atomic E-state index is 4.59. The van der Waals surface area contributed by atoms with Crippen LogP contribution in [0.25, 0.3) is 0 Å². The molecule has 0 saturated heterocycles. The average molecular weight is 346 g/mol. The van der Waals surface area contributed by atoms with E-state index in [1.54, 1.807) is 6.20 Å². The van der Waals surface area contributed by atoms with E-state index in [1.807, 2.05) is 12.1 Å². The molecule has 0 aliphatic rings. The van der Waals surface area contributed by atoms with Crippen molar-refractivity contribution in [3.63, 3.8) is 0 Å². The third-order valence-corrected chi connectivity index (χ3v) is 4.23. The minimum atomic E-state index is 0.0465. The molecule has 0 atom stereocenters. The van der Waals surface area contributed by atoms with Crippen LogP contribution in [0.5, 0.6) is 0 Å². The summed E-state index contributed by atoms with van der Waals surface area (Å²) in [5.74, 6) is 1.40. The van der Waals surface area contributed by atoms with Crippen LogP contribution < -0.4 is 10.6 Å². The number of para-hydroxylation sites is 1. The molecule has 1 aromatic heterocycles. The van der Waals surface area contributed by atoms with E-state index in [0.29, 0.717) is 5.95 Å². The van der Waals surface area contributed by atoms with Gasteiger partial charge in [-0.05, 0) is 35.6 Å².